The van der Waals surface area contributed by atoms with Gasteiger partial charge < -0.3 is 15.2 Å². The van der Waals surface area contributed by atoms with Gasteiger partial charge in [0.15, 0.2) is 0 Å². The van der Waals surface area contributed by atoms with Crippen molar-refractivity contribution in [2.75, 3.05) is 6.61 Å². The molecule has 1 aromatic carbocycles. The van der Waals surface area contributed by atoms with E-state index in [-0.39, 0.29) is 18.9 Å². The molecule has 2 N–H and O–H groups in total. The van der Waals surface area contributed by atoms with Crippen LogP contribution < -0.4 is 10.1 Å². The summed E-state index contributed by atoms with van der Waals surface area (Å²) in [5.74, 6) is -0.620. The van der Waals surface area contributed by atoms with E-state index in [9.17, 15) is 9.59 Å². The van der Waals surface area contributed by atoms with Gasteiger partial charge in [-0.25, -0.2) is 4.79 Å². The summed E-state index contributed by atoms with van der Waals surface area (Å²) in [6.07, 6.45) is 0.496. The summed E-state index contributed by atoms with van der Waals surface area (Å²) in [6.45, 7) is 5.95. The molecular formula is C15H21NO4. The van der Waals surface area contributed by atoms with Gasteiger partial charge in [-0.2, -0.15) is 0 Å². The van der Waals surface area contributed by atoms with Gasteiger partial charge in [-0.1, -0.05) is 13.0 Å². The highest BCUT2D eigenvalue weighted by molar-refractivity contribution is 5.83. The number of hydrogen-bond acceptors (Lipinski definition) is 3. The molecule has 0 unspecified atom stereocenters. The Balaban J connectivity index is 2.38. The predicted molar refractivity (Wildman–Crippen MR) is 75.9 cm³/mol. The first-order valence-corrected chi connectivity index (χ1v) is 6.66. The van der Waals surface area contributed by atoms with E-state index in [1.165, 1.54) is 5.56 Å². The third-order valence-electron chi connectivity index (χ3n) is 3.12. The Morgan fingerprint density at radius 3 is 2.55 bits per heavy atom. The zero-order valence-electron chi connectivity index (χ0n) is 12.1. The minimum Gasteiger partial charge on any atom is -0.493 e. The quantitative estimate of drug-likeness (QED) is 0.801. The van der Waals surface area contributed by atoms with E-state index in [1.54, 1.807) is 6.92 Å². The van der Waals surface area contributed by atoms with Crippen LogP contribution in [0.25, 0.3) is 0 Å². The first-order valence-electron chi connectivity index (χ1n) is 6.66. The Morgan fingerprint density at radius 2 is 2.00 bits per heavy atom. The van der Waals surface area contributed by atoms with Crippen molar-refractivity contribution in [2.45, 2.75) is 39.7 Å². The molecule has 1 atom stereocenters. The third kappa shape index (κ3) is 4.91. The molecule has 0 aliphatic carbocycles. The van der Waals surface area contributed by atoms with Crippen LogP contribution in [-0.4, -0.2) is 29.6 Å². The largest absolute Gasteiger partial charge is 0.493 e. The van der Waals surface area contributed by atoms with Gasteiger partial charge in [-0.3, -0.25) is 4.79 Å². The molecule has 5 nitrogen and oxygen atoms in total. The molecule has 0 aliphatic heterocycles. The fourth-order valence-corrected chi connectivity index (χ4v) is 1.67. The van der Waals surface area contributed by atoms with Gasteiger partial charge in [-0.05, 0) is 43.5 Å². The number of aryl methyl sites for hydroxylation is 2. The molecule has 0 heterocycles. The Labute approximate surface area is 118 Å². The van der Waals surface area contributed by atoms with Crippen molar-refractivity contribution in [1.29, 1.82) is 0 Å². The van der Waals surface area contributed by atoms with E-state index < -0.39 is 12.0 Å². The zero-order chi connectivity index (χ0) is 15.1. The Kier molecular flexibility index (Phi) is 6.03. The first kappa shape index (κ1) is 16.0. The van der Waals surface area contributed by atoms with Crippen molar-refractivity contribution in [2.24, 2.45) is 0 Å². The van der Waals surface area contributed by atoms with Gasteiger partial charge in [0.05, 0.1) is 13.0 Å². The molecule has 0 saturated carbocycles. The lowest BCUT2D eigenvalue weighted by atomic mass is 10.1. The molecule has 0 radical (unpaired) electrons. The number of benzene rings is 1. The van der Waals surface area contributed by atoms with E-state index >= 15 is 0 Å². The number of amides is 1. The van der Waals surface area contributed by atoms with Crippen LogP contribution in [0, 0.1) is 13.8 Å². The predicted octanol–water partition coefficient (Wildman–Crippen LogP) is 2.05. The van der Waals surface area contributed by atoms with Crippen molar-refractivity contribution in [3.8, 4) is 5.75 Å². The number of carboxylic acid groups (broad SMARTS) is 1. The van der Waals surface area contributed by atoms with Gasteiger partial charge in [-0.15, -0.1) is 0 Å². The number of rotatable bonds is 7. The number of ether oxygens (including phenoxy) is 1. The normalized spacial score (nSPS) is 11.8. The lowest BCUT2D eigenvalue weighted by Gasteiger charge is -2.12. The Hall–Kier alpha value is -2.04. The summed E-state index contributed by atoms with van der Waals surface area (Å²) < 4.78 is 5.48. The van der Waals surface area contributed by atoms with Gasteiger partial charge in [0.1, 0.15) is 11.8 Å². The summed E-state index contributed by atoms with van der Waals surface area (Å²) in [7, 11) is 0. The van der Waals surface area contributed by atoms with Crippen LogP contribution in [0.1, 0.15) is 30.9 Å². The van der Waals surface area contributed by atoms with Crippen molar-refractivity contribution < 1.29 is 19.4 Å². The summed E-state index contributed by atoms with van der Waals surface area (Å²) in [5.41, 5.74) is 2.31. The highest BCUT2D eigenvalue weighted by Gasteiger charge is 2.17. The third-order valence-corrected chi connectivity index (χ3v) is 3.12. The Bertz CT molecular complexity index is 485. The maximum atomic E-state index is 11.6. The smallest absolute Gasteiger partial charge is 0.326 e. The number of carboxylic acids is 1. The second kappa shape index (κ2) is 7.53. The second-order valence-electron chi connectivity index (χ2n) is 4.71. The minimum atomic E-state index is -1.02. The molecular weight excluding hydrogens is 258 g/mol. The first-order chi connectivity index (χ1) is 9.43. The lowest BCUT2D eigenvalue weighted by molar-refractivity contribution is -0.142. The van der Waals surface area contributed by atoms with Crippen LogP contribution >= 0.6 is 0 Å². The van der Waals surface area contributed by atoms with Crippen molar-refractivity contribution in [1.82, 2.24) is 5.32 Å². The fourth-order valence-electron chi connectivity index (χ4n) is 1.67. The van der Waals surface area contributed by atoms with E-state index in [4.69, 9.17) is 9.84 Å². The summed E-state index contributed by atoms with van der Waals surface area (Å²) in [6, 6.07) is 4.90. The number of nitrogens with one attached hydrogen (secondary N) is 1. The average Bonchev–Trinajstić information content (AvgIpc) is 2.39. The van der Waals surface area contributed by atoms with Crippen molar-refractivity contribution in [3.63, 3.8) is 0 Å². The second-order valence-corrected chi connectivity index (χ2v) is 4.71. The molecule has 0 fully saturated rings. The molecule has 0 saturated heterocycles. The van der Waals surface area contributed by atoms with E-state index in [1.807, 2.05) is 32.0 Å². The number of carbonyl (C=O) groups excluding carboxylic acids is 1. The standard InChI is InChI=1S/C15H21NO4/c1-4-13(15(18)19)16-14(17)7-8-20-12-6-5-10(2)11(3)9-12/h5-6,9,13H,4,7-8H2,1-3H3,(H,16,17)(H,18,19)/t13-/m0/s1. The van der Waals surface area contributed by atoms with E-state index in [0.717, 1.165) is 5.56 Å². The van der Waals surface area contributed by atoms with Crippen LogP contribution in [0.5, 0.6) is 5.75 Å². The SMILES string of the molecule is CC[C@H](NC(=O)CCOc1ccc(C)c(C)c1)C(=O)O. The molecule has 5 heteroatoms. The topological polar surface area (TPSA) is 75.6 Å². The minimum absolute atomic E-state index is 0.136. The highest BCUT2D eigenvalue weighted by Crippen LogP contribution is 2.16. The van der Waals surface area contributed by atoms with Crippen LogP contribution in [0.3, 0.4) is 0 Å². The summed E-state index contributed by atoms with van der Waals surface area (Å²) in [4.78, 5) is 22.4. The lowest BCUT2D eigenvalue weighted by Crippen LogP contribution is -2.40. The van der Waals surface area contributed by atoms with Gasteiger partial charge in [0.2, 0.25) is 5.91 Å². The number of hydrogen-bond donors (Lipinski definition) is 2. The van der Waals surface area contributed by atoms with Crippen molar-refractivity contribution >= 4 is 11.9 Å². The monoisotopic (exact) mass is 279 g/mol. The fraction of sp³-hybridized carbons (Fsp3) is 0.467. The van der Waals surface area contributed by atoms with Gasteiger partial charge >= 0.3 is 5.97 Å². The molecule has 0 spiro atoms. The molecule has 110 valence electrons. The average molecular weight is 279 g/mol. The molecule has 0 aliphatic rings. The zero-order valence-corrected chi connectivity index (χ0v) is 12.1. The summed E-state index contributed by atoms with van der Waals surface area (Å²) >= 11 is 0. The van der Waals surface area contributed by atoms with Crippen molar-refractivity contribution in [3.05, 3.63) is 29.3 Å². The molecule has 1 rings (SSSR count). The maximum absolute atomic E-state index is 11.6. The van der Waals surface area contributed by atoms with Gasteiger partial charge in [0.25, 0.3) is 0 Å². The number of aliphatic carboxylic acids is 1. The van der Waals surface area contributed by atoms with Gasteiger partial charge in [0, 0.05) is 0 Å². The summed E-state index contributed by atoms with van der Waals surface area (Å²) in [5, 5.41) is 11.3. The molecule has 0 aromatic heterocycles. The van der Waals surface area contributed by atoms with Crippen LogP contribution in [-0.2, 0) is 9.59 Å². The van der Waals surface area contributed by atoms with Crippen LogP contribution in [0.4, 0.5) is 0 Å². The Morgan fingerprint density at radius 1 is 1.30 bits per heavy atom. The highest BCUT2D eigenvalue weighted by atomic mass is 16.5. The van der Waals surface area contributed by atoms with E-state index in [2.05, 4.69) is 5.32 Å². The molecule has 1 aromatic rings. The van der Waals surface area contributed by atoms with Crippen LogP contribution in [0.15, 0.2) is 18.2 Å². The number of carbonyl (C=O) groups is 2. The molecule has 1 amide bonds. The molecule has 0 bridgehead atoms. The van der Waals surface area contributed by atoms with E-state index in [0.29, 0.717) is 12.2 Å². The van der Waals surface area contributed by atoms with Crippen LogP contribution in [0.2, 0.25) is 0 Å². The maximum Gasteiger partial charge on any atom is 0.326 e. The molecule has 20 heavy (non-hydrogen) atoms.